The van der Waals surface area contributed by atoms with E-state index < -0.39 is 24.3 Å². The molecule has 0 aliphatic rings. The Balaban J connectivity index is 3.99. The summed E-state index contributed by atoms with van der Waals surface area (Å²) in [5, 5.41) is 9.74. The Morgan fingerprint density at radius 2 is 0.640 bits per heavy atom. The van der Waals surface area contributed by atoms with Gasteiger partial charge in [0.25, 0.3) is 6.29 Å². The third-order valence-electron chi connectivity index (χ3n) is 16.3. The number of unbranched alkanes of at least 4 members (excludes halogenated alkanes) is 38. The monoisotopic (exact) mass is 1250 g/mol. The van der Waals surface area contributed by atoms with Gasteiger partial charge in [-0.1, -0.05) is 323 Å². The second-order valence-corrected chi connectivity index (χ2v) is 26.2. The number of rotatable bonds is 69. The second kappa shape index (κ2) is 70.1. The zero-order valence-electron chi connectivity index (χ0n) is 58.8. The summed E-state index contributed by atoms with van der Waals surface area (Å²) in [6.07, 6.45) is 94.2. The number of hydrogen-bond acceptors (Lipinski definition) is 7. The van der Waals surface area contributed by atoms with Crippen LogP contribution in [0.25, 0.3) is 0 Å². The minimum absolute atomic E-state index is 0.179. The molecule has 0 amide bonds. The summed E-state index contributed by atoms with van der Waals surface area (Å²) in [6, 6.07) is 0. The van der Waals surface area contributed by atoms with E-state index in [4.69, 9.17) is 18.9 Å². The topological polar surface area (TPSA) is 108 Å². The Bertz CT molecular complexity index is 1790. The lowest BCUT2D eigenvalue weighted by Crippen LogP contribution is -2.40. The Labute approximate surface area is 550 Å². The summed E-state index contributed by atoms with van der Waals surface area (Å²) in [4.78, 5) is 37.6. The standard InChI is InChI=1S/C80H141NO8/c1-6-8-10-12-14-16-18-20-22-24-26-28-30-31-32-33-34-35-36-37-38-39-40-41-42-43-44-45-46-47-49-50-52-54-56-58-60-62-64-66-68-70-77(82)87-74-76(75-88-80(79(84)85)86-73-72-81(3,4)5)89-78(83)71-69-67-65-63-61-59-57-55-53-51-48-29-27-25-23-21-19-17-15-13-11-9-7-2/h9,11,15,17-18,20-21,23-24,26-27,29,51,53,57,59,76,80H,6-8,10,12-14,16,19,22,25,28,30-50,52,54-56,58,60-75H2,1-5H3/p+1/b11-9-,17-15-,20-18-,23-21-,26-24-,29-27-,53-51-,59-57-. The lowest BCUT2D eigenvalue weighted by atomic mass is 10.0. The highest BCUT2D eigenvalue weighted by atomic mass is 16.7. The van der Waals surface area contributed by atoms with Gasteiger partial charge < -0.3 is 28.5 Å². The number of carbonyl (C=O) groups excluding carboxylic acids is 2. The van der Waals surface area contributed by atoms with Crippen molar-refractivity contribution in [1.82, 2.24) is 0 Å². The maximum Gasteiger partial charge on any atom is 0.361 e. The third kappa shape index (κ3) is 71.5. The molecule has 0 heterocycles. The first-order valence-electron chi connectivity index (χ1n) is 37.4. The summed E-state index contributed by atoms with van der Waals surface area (Å²) in [5.74, 6) is -2.03. The normalized spacial score (nSPS) is 13.2. The van der Waals surface area contributed by atoms with E-state index >= 15 is 0 Å². The molecule has 0 aliphatic carbocycles. The Kier molecular flexibility index (Phi) is 67.1. The molecule has 0 aromatic heterocycles. The van der Waals surface area contributed by atoms with Crippen LogP contribution in [0.2, 0.25) is 0 Å². The van der Waals surface area contributed by atoms with Crippen LogP contribution in [-0.4, -0.2) is 87.4 Å². The van der Waals surface area contributed by atoms with Crippen molar-refractivity contribution < 1.29 is 42.9 Å². The van der Waals surface area contributed by atoms with Gasteiger partial charge in [-0.15, -0.1) is 0 Å². The van der Waals surface area contributed by atoms with Crippen molar-refractivity contribution in [2.75, 3.05) is 47.5 Å². The minimum atomic E-state index is -1.52. The van der Waals surface area contributed by atoms with Crippen LogP contribution >= 0.6 is 0 Å². The molecule has 0 saturated carbocycles. The van der Waals surface area contributed by atoms with Crippen LogP contribution in [0.15, 0.2) is 97.2 Å². The number of hydrogen-bond donors (Lipinski definition) is 1. The summed E-state index contributed by atoms with van der Waals surface area (Å²) < 4.78 is 23.0. The molecule has 1 N–H and O–H groups in total. The molecule has 0 aromatic rings. The first-order valence-corrected chi connectivity index (χ1v) is 37.4. The molecule has 0 radical (unpaired) electrons. The number of allylic oxidation sites excluding steroid dienone is 16. The summed E-state index contributed by atoms with van der Waals surface area (Å²) in [5.41, 5.74) is 0. The Hall–Kier alpha value is -3.79. The van der Waals surface area contributed by atoms with Gasteiger partial charge in [0, 0.05) is 12.8 Å². The number of carboxylic acid groups (broad SMARTS) is 1. The van der Waals surface area contributed by atoms with Gasteiger partial charge in [0.15, 0.2) is 6.10 Å². The van der Waals surface area contributed by atoms with Crippen molar-refractivity contribution in [1.29, 1.82) is 0 Å². The van der Waals surface area contributed by atoms with E-state index in [0.29, 0.717) is 23.9 Å². The number of esters is 2. The lowest BCUT2D eigenvalue weighted by molar-refractivity contribution is -0.870. The summed E-state index contributed by atoms with van der Waals surface area (Å²) >= 11 is 0. The van der Waals surface area contributed by atoms with Crippen molar-refractivity contribution in [3.63, 3.8) is 0 Å². The molecule has 2 atom stereocenters. The molecule has 9 nitrogen and oxygen atoms in total. The molecule has 0 aromatic carbocycles. The molecule has 0 aliphatic heterocycles. The van der Waals surface area contributed by atoms with Gasteiger partial charge in [0.2, 0.25) is 0 Å². The maximum atomic E-state index is 12.9. The molecule has 0 rings (SSSR count). The van der Waals surface area contributed by atoms with E-state index in [0.717, 1.165) is 89.9 Å². The third-order valence-corrected chi connectivity index (χ3v) is 16.3. The van der Waals surface area contributed by atoms with Crippen molar-refractivity contribution in [2.24, 2.45) is 0 Å². The average Bonchev–Trinajstić information content (AvgIpc) is 3.64. The van der Waals surface area contributed by atoms with Gasteiger partial charge >= 0.3 is 17.9 Å². The lowest BCUT2D eigenvalue weighted by Gasteiger charge is -2.25. The molecular formula is C80H142NO8+. The number of carbonyl (C=O) groups is 3. The minimum Gasteiger partial charge on any atom is -0.477 e. The maximum absolute atomic E-state index is 12.9. The van der Waals surface area contributed by atoms with Crippen LogP contribution in [0.1, 0.15) is 335 Å². The highest BCUT2D eigenvalue weighted by Crippen LogP contribution is 2.18. The predicted octanol–water partition coefficient (Wildman–Crippen LogP) is 23.6. The van der Waals surface area contributed by atoms with Crippen LogP contribution in [0.5, 0.6) is 0 Å². The highest BCUT2D eigenvalue weighted by molar-refractivity contribution is 5.71. The number of quaternary nitrogens is 1. The van der Waals surface area contributed by atoms with Crippen LogP contribution in [0.3, 0.4) is 0 Å². The molecule has 89 heavy (non-hydrogen) atoms. The fourth-order valence-electron chi connectivity index (χ4n) is 10.6. The molecule has 0 bridgehead atoms. The predicted molar refractivity (Wildman–Crippen MR) is 382 cm³/mol. The zero-order chi connectivity index (χ0) is 64.7. The van der Waals surface area contributed by atoms with Crippen molar-refractivity contribution in [2.45, 2.75) is 347 Å². The number of carboxylic acids is 1. The van der Waals surface area contributed by atoms with Gasteiger partial charge in [0.1, 0.15) is 13.2 Å². The van der Waals surface area contributed by atoms with E-state index in [1.807, 2.05) is 21.1 Å². The van der Waals surface area contributed by atoms with Gasteiger partial charge in [-0.3, -0.25) is 9.59 Å². The molecule has 2 unspecified atom stereocenters. The van der Waals surface area contributed by atoms with Crippen LogP contribution in [0.4, 0.5) is 0 Å². The molecule has 514 valence electrons. The number of ether oxygens (including phenoxy) is 4. The highest BCUT2D eigenvalue weighted by Gasteiger charge is 2.25. The second-order valence-electron chi connectivity index (χ2n) is 26.2. The summed E-state index contributed by atoms with van der Waals surface area (Å²) in [7, 11) is 5.97. The van der Waals surface area contributed by atoms with Crippen LogP contribution in [-0.2, 0) is 33.3 Å². The molecule has 0 saturated heterocycles. The first kappa shape index (κ1) is 85.2. The van der Waals surface area contributed by atoms with Gasteiger partial charge in [-0.2, -0.15) is 0 Å². The smallest absolute Gasteiger partial charge is 0.361 e. The number of likely N-dealkylation sites (N-methyl/N-ethyl adjacent to an activating group) is 1. The van der Waals surface area contributed by atoms with Gasteiger partial charge in [-0.05, 0) is 96.3 Å². The average molecular weight is 1250 g/mol. The van der Waals surface area contributed by atoms with E-state index in [2.05, 4.69) is 111 Å². The van der Waals surface area contributed by atoms with E-state index in [1.165, 1.54) is 212 Å². The zero-order valence-corrected chi connectivity index (χ0v) is 58.8. The quantitative estimate of drug-likeness (QED) is 0.0211. The first-order chi connectivity index (χ1) is 43.6. The fourth-order valence-corrected chi connectivity index (χ4v) is 10.6. The summed E-state index contributed by atoms with van der Waals surface area (Å²) in [6.45, 7) is 4.75. The van der Waals surface area contributed by atoms with E-state index in [1.54, 1.807) is 0 Å². The van der Waals surface area contributed by atoms with Crippen molar-refractivity contribution in [3.8, 4) is 0 Å². The van der Waals surface area contributed by atoms with Gasteiger partial charge in [-0.25, -0.2) is 4.79 Å². The molecule has 9 heteroatoms. The SMILES string of the molecule is CC/C=C\C/C=C\C/C=C\C/C=C\C/C=C\C/C=C\CCCCCCC(=O)OC(COC(=O)CCCCCCCCCCCCCCCCCCCCCCCCCCCCCCC/C=C\C/C=C\CCCCCCC)COC(OCC[N+](C)(C)C)C(=O)O. The molecule has 0 spiro atoms. The number of aliphatic carboxylic acids is 1. The molecule has 0 fully saturated rings. The Morgan fingerprint density at radius 1 is 0.348 bits per heavy atom. The van der Waals surface area contributed by atoms with Crippen LogP contribution in [0, 0.1) is 0 Å². The number of nitrogens with zero attached hydrogens (tertiary/aromatic N) is 1. The molecular weight excluding hydrogens is 1100 g/mol. The largest absolute Gasteiger partial charge is 0.477 e. The Morgan fingerprint density at radius 3 is 0.955 bits per heavy atom. The van der Waals surface area contributed by atoms with E-state index in [-0.39, 0.29) is 32.2 Å². The van der Waals surface area contributed by atoms with Crippen LogP contribution < -0.4 is 0 Å². The van der Waals surface area contributed by atoms with Crippen molar-refractivity contribution in [3.05, 3.63) is 97.2 Å². The van der Waals surface area contributed by atoms with E-state index in [9.17, 15) is 19.5 Å². The van der Waals surface area contributed by atoms with Crippen molar-refractivity contribution >= 4 is 17.9 Å². The van der Waals surface area contributed by atoms with Gasteiger partial charge in [0.05, 0.1) is 34.4 Å². The fraction of sp³-hybridized carbons (Fsp3) is 0.762.